The van der Waals surface area contributed by atoms with E-state index in [-0.39, 0.29) is 0 Å². The smallest absolute Gasteiger partial charge is 0.191 e. The van der Waals surface area contributed by atoms with Gasteiger partial charge in [-0.3, -0.25) is 4.99 Å². The second kappa shape index (κ2) is 13.6. The molecule has 0 amide bonds. The minimum atomic E-state index is 0.384. The van der Waals surface area contributed by atoms with Crippen LogP contribution in [-0.2, 0) is 22.6 Å². The molecule has 0 bridgehead atoms. The second-order valence-corrected chi connectivity index (χ2v) is 7.03. The molecule has 0 saturated heterocycles. The van der Waals surface area contributed by atoms with Gasteiger partial charge in [-0.25, -0.2) is 0 Å². The van der Waals surface area contributed by atoms with Crippen molar-refractivity contribution in [3.05, 3.63) is 65.7 Å². The number of hydrogen-bond acceptors (Lipinski definition) is 4. The zero-order valence-electron chi connectivity index (χ0n) is 17.8. The predicted octanol–water partition coefficient (Wildman–Crippen LogP) is 3.26. The number of methoxy groups -OCH3 is 1. The Morgan fingerprint density at radius 1 is 1.00 bits per heavy atom. The number of guanidine groups is 1. The lowest BCUT2D eigenvalue weighted by Gasteiger charge is -2.16. The summed E-state index contributed by atoms with van der Waals surface area (Å²) < 4.78 is 10.9. The molecular formula is C23H34N4O2. The van der Waals surface area contributed by atoms with Crippen molar-refractivity contribution in [2.24, 2.45) is 10.9 Å². The Balaban J connectivity index is 1.64. The fourth-order valence-corrected chi connectivity index (χ4v) is 2.73. The summed E-state index contributed by atoms with van der Waals surface area (Å²) >= 11 is 0. The molecule has 2 rings (SSSR count). The molecule has 1 unspecified atom stereocenters. The Bertz CT molecular complexity index is 705. The Morgan fingerprint density at radius 2 is 1.76 bits per heavy atom. The van der Waals surface area contributed by atoms with Gasteiger partial charge >= 0.3 is 0 Å². The van der Waals surface area contributed by atoms with Crippen molar-refractivity contribution in [2.45, 2.75) is 20.1 Å². The Kier molecular flexibility index (Phi) is 10.6. The molecule has 158 valence electrons. The molecule has 6 nitrogen and oxygen atoms in total. The summed E-state index contributed by atoms with van der Waals surface area (Å²) in [5.74, 6) is 1.18. The van der Waals surface area contributed by atoms with Crippen LogP contribution in [0.15, 0.2) is 59.6 Å². The van der Waals surface area contributed by atoms with Gasteiger partial charge in [-0.05, 0) is 29.2 Å². The monoisotopic (exact) mass is 398 g/mol. The maximum absolute atomic E-state index is 5.81. The van der Waals surface area contributed by atoms with E-state index in [4.69, 9.17) is 9.47 Å². The van der Waals surface area contributed by atoms with Gasteiger partial charge in [0.2, 0.25) is 0 Å². The number of ether oxygens (including phenoxy) is 2. The van der Waals surface area contributed by atoms with Crippen LogP contribution in [-0.4, -0.2) is 46.4 Å². The average molecular weight is 399 g/mol. The molecule has 0 saturated carbocycles. The van der Waals surface area contributed by atoms with Crippen LogP contribution in [0, 0.1) is 5.92 Å². The van der Waals surface area contributed by atoms with Gasteiger partial charge in [-0.2, -0.15) is 0 Å². The molecule has 2 aromatic carbocycles. The largest absolute Gasteiger partial charge is 0.383 e. The maximum Gasteiger partial charge on any atom is 0.191 e. The van der Waals surface area contributed by atoms with E-state index in [2.05, 4.69) is 64.3 Å². The molecule has 2 aromatic rings. The Labute approximate surface area is 174 Å². The van der Waals surface area contributed by atoms with Gasteiger partial charge in [0.05, 0.1) is 19.8 Å². The number of hydrogen-bond donors (Lipinski definition) is 3. The van der Waals surface area contributed by atoms with E-state index in [1.165, 1.54) is 11.1 Å². The molecule has 0 aromatic heterocycles. The summed E-state index contributed by atoms with van der Waals surface area (Å²) in [5, 5.41) is 10.0. The minimum absolute atomic E-state index is 0.384. The normalized spacial score (nSPS) is 12.4. The van der Waals surface area contributed by atoms with Crippen molar-refractivity contribution >= 4 is 11.6 Å². The Hall–Kier alpha value is -2.57. The van der Waals surface area contributed by atoms with Gasteiger partial charge in [-0.1, -0.05) is 49.4 Å². The van der Waals surface area contributed by atoms with E-state index in [1.54, 1.807) is 14.2 Å². The van der Waals surface area contributed by atoms with Gasteiger partial charge in [0.25, 0.3) is 0 Å². The zero-order chi connectivity index (χ0) is 20.7. The highest BCUT2D eigenvalue weighted by atomic mass is 16.5. The zero-order valence-corrected chi connectivity index (χ0v) is 17.8. The number of rotatable bonds is 12. The van der Waals surface area contributed by atoms with Crippen molar-refractivity contribution in [1.82, 2.24) is 10.6 Å². The van der Waals surface area contributed by atoms with E-state index in [0.717, 1.165) is 31.3 Å². The molecule has 6 heteroatoms. The summed E-state index contributed by atoms with van der Waals surface area (Å²) in [6.07, 6.45) is 0. The first-order chi connectivity index (χ1) is 14.2. The number of anilines is 1. The SMILES string of the molecule is CN=C(NCc1ccc(NCCOC)cc1)NCC(C)COCc1ccccc1. The Morgan fingerprint density at radius 3 is 2.45 bits per heavy atom. The minimum Gasteiger partial charge on any atom is -0.383 e. The third kappa shape index (κ3) is 9.45. The highest BCUT2D eigenvalue weighted by Crippen LogP contribution is 2.09. The van der Waals surface area contributed by atoms with Crippen molar-refractivity contribution in [3.8, 4) is 0 Å². The van der Waals surface area contributed by atoms with Crippen LogP contribution in [0.3, 0.4) is 0 Å². The quantitative estimate of drug-likeness (QED) is 0.291. The number of nitrogens with one attached hydrogen (secondary N) is 3. The van der Waals surface area contributed by atoms with Gasteiger partial charge in [0.15, 0.2) is 5.96 Å². The summed E-state index contributed by atoms with van der Waals surface area (Å²) in [6.45, 7) is 6.54. The van der Waals surface area contributed by atoms with Crippen LogP contribution in [0.5, 0.6) is 0 Å². The van der Waals surface area contributed by atoms with Crippen molar-refractivity contribution in [3.63, 3.8) is 0 Å². The predicted molar refractivity (Wildman–Crippen MR) is 120 cm³/mol. The highest BCUT2D eigenvalue weighted by molar-refractivity contribution is 5.79. The number of benzene rings is 2. The molecule has 0 spiro atoms. The first-order valence-corrected chi connectivity index (χ1v) is 10.1. The van der Waals surface area contributed by atoms with Crippen LogP contribution >= 0.6 is 0 Å². The van der Waals surface area contributed by atoms with E-state index in [1.807, 2.05) is 18.2 Å². The van der Waals surface area contributed by atoms with Crippen LogP contribution in [0.4, 0.5) is 5.69 Å². The number of aliphatic imine (C=N–C) groups is 1. The highest BCUT2D eigenvalue weighted by Gasteiger charge is 2.05. The van der Waals surface area contributed by atoms with E-state index >= 15 is 0 Å². The van der Waals surface area contributed by atoms with Crippen molar-refractivity contribution < 1.29 is 9.47 Å². The fraction of sp³-hybridized carbons (Fsp3) is 0.435. The van der Waals surface area contributed by atoms with Crippen LogP contribution in [0.2, 0.25) is 0 Å². The third-order valence-corrected chi connectivity index (χ3v) is 4.40. The molecule has 0 aliphatic rings. The average Bonchev–Trinajstić information content (AvgIpc) is 2.76. The van der Waals surface area contributed by atoms with E-state index in [9.17, 15) is 0 Å². The number of nitrogens with zero attached hydrogens (tertiary/aromatic N) is 1. The van der Waals surface area contributed by atoms with Gasteiger partial charge < -0.3 is 25.4 Å². The van der Waals surface area contributed by atoms with Crippen molar-refractivity contribution in [1.29, 1.82) is 0 Å². The van der Waals surface area contributed by atoms with Crippen LogP contribution in [0.25, 0.3) is 0 Å². The lowest BCUT2D eigenvalue weighted by molar-refractivity contribution is 0.0931. The fourth-order valence-electron chi connectivity index (χ4n) is 2.73. The topological polar surface area (TPSA) is 66.9 Å². The van der Waals surface area contributed by atoms with Gasteiger partial charge in [-0.15, -0.1) is 0 Å². The van der Waals surface area contributed by atoms with Crippen LogP contribution in [0.1, 0.15) is 18.1 Å². The lowest BCUT2D eigenvalue weighted by atomic mass is 10.2. The third-order valence-electron chi connectivity index (χ3n) is 4.40. The van der Waals surface area contributed by atoms with E-state index < -0.39 is 0 Å². The molecule has 0 radical (unpaired) electrons. The second-order valence-electron chi connectivity index (χ2n) is 7.03. The first-order valence-electron chi connectivity index (χ1n) is 10.1. The molecule has 0 fully saturated rings. The molecule has 1 atom stereocenters. The van der Waals surface area contributed by atoms with Crippen molar-refractivity contribution in [2.75, 3.05) is 45.8 Å². The van der Waals surface area contributed by atoms with Crippen LogP contribution < -0.4 is 16.0 Å². The maximum atomic E-state index is 5.81. The first kappa shape index (κ1) is 22.7. The molecule has 0 heterocycles. The molecule has 0 aliphatic heterocycles. The standard InChI is InChI=1S/C23H34N4O2/c1-19(17-29-18-21-7-5-4-6-8-21)15-26-23(24-2)27-16-20-9-11-22(12-10-20)25-13-14-28-3/h4-12,19,25H,13-18H2,1-3H3,(H2,24,26,27). The molecule has 29 heavy (non-hydrogen) atoms. The lowest BCUT2D eigenvalue weighted by Crippen LogP contribution is -2.39. The summed E-state index contributed by atoms with van der Waals surface area (Å²) in [7, 11) is 3.49. The summed E-state index contributed by atoms with van der Waals surface area (Å²) in [4.78, 5) is 4.30. The van der Waals surface area contributed by atoms with E-state index in [0.29, 0.717) is 25.7 Å². The summed E-state index contributed by atoms with van der Waals surface area (Å²) in [6, 6.07) is 18.6. The molecule has 3 N–H and O–H groups in total. The molecular weight excluding hydrogens is 364 g/mol. The summed E-state index contributed by atoms with van der Waals surface area (Å²) in [5.41, 5.74) is 3.49. The van der Waals surface area contributed by atoms with Gasteiger partial charge in [0.1, 0.15) is 0 Å². The van der Waals surface area contributed by atoms with Gasteiger partial charge in [0, 0.05) is 39.5 Å². The molecule has 0 aliphatic carbocycles.